The zero-order valence-corrected chi connectivity index (χ0v) is 13.9. The van der Waals surface area contributed by atoms with Crippen molar-refractivity contribution in [2.45, 2.75) is 38.9 Å². The molecule has 0 amide bonds. The van der Waals surface area contributed by atoms with Gasteiger partial charge in [0.25, 0.3) is 0 Å². The first-order valence-corrected chi connectivity index (χ1v) is 7.51. The first-order valence-electron chi connectivity index (χ1n) is 6.72. The quantitative estimate of drug-likeness (QED) is 0.838. The van der Waals surface area contributed by atoms with Crippen LogP contribution in [-0.4, -0.2) is 16.1 Å². The molecule has 1 aliphatic rings. The van der Waals surface area contributed by atoms with Gasteiger partial charge in [-0.05, 0) is 39.8 Å². The predicted octanol–water partition coefficient (Wildman–Crippen LogP) is 4.20. The molecule has 0 fully saturated rings. The summed E-state index contributed by atoms with van der Waals surface area (Å²) in [5.74, 6) is -0.958. The summed E-state index contributed by atoms with van der Waals surface area (Å²) in [5, 5.41) is 10.4. The smallest absolute Gasteiger partial charge is 0.336 e. The molecule has 0 unspecified atom stereocenters. The number of halogens is 1. The Morgan fingerprint density at radius 2 is 1.90 bits per heavy atom. The van der Waals surface area contributed by atoms with Crippen molar-refractivity contribution in [2.24, 2.45) is 0 Å². The zero-order chi connectivity index (χ0) is 15.6. The van der Waals surface area contributed by atoms with E-state index >= 15 is 0 Å². The molecule has 0 atom stereocenters. The maximum Gasteiger partial charge on any atom is 0.336 e. The molecule has 0 saturated carbocycles. The average Bonchev–Trinajstić information content (AvgIpc) is 2.53. The van der Waals surface area contributed by atoms with E-state index in [0.717, 1.165) is 4.47 Å². The molecule has 1 N–H and O–H groups in total. The number of carboxylic acids is 1. The number of ether oxygens (including phenoxy) is 1. The van der Waals surface area contributed by atoms with E-state index in [4.69, 9.17) is 4.74 Å². The molecule has 0 aliphatic carbocycles. The van der Waals surface area contributed by atoms with Gasteiger partial charge < -0.3 is 9.84 Å². The van der Waals surface area contributed by atoms with Crippen LogP contribution in [0.1, 0.15) is 49.3 Å². The van der Waals surface area contributed by atoms with Gasteiger partial charge in [-0.15, -0.1) is 0 Å². The second kappa shape index (κ2) is 4.27. The van der Waals surface area contributed by atoms with Crippen molar-refractivity contribution in [3.63, 3.8) is 0 Å². The monoisotopic (exact) mass is 349 g/mol. The van der Waals surface area contributed by atoms with Crippen LogP contribution in [0.2, 0.25) is 0 Å². The molecule has 0 spiro atoms. The Morgan fingerprint density at radius 3 is 2.52 bits per heavy atom. The Bertz CT molecular complexity index is 781. The third-order valence-corrected chi connectivity index (χ3v) is 4.52. The van der Waals surface area contributed by atoms with Crippen LogP contribution in [0.4, 0.5) is 0 Å². The number of benzene rings is 1. The number of hydrogen-bond acceptors (Lipinski definition) is 3. The summed E-state index contributed by atoms with van der Waals surface area (Å²) in [6, 6.07) is 5.51. The Kier molecular flexibility index (Phi) is 2.94. The molecule has 1 aromatic heterocycles. The van der Waals surface area contributed by atoms with Crippen LogP contribution in [0.25, 0.3) is 10.9 Å². The normalized spacial score (nSPS) is 18.7. The Hall–Kier alpha value is -1.46. The van der Waals surface area contributed by atoms with E-state index in [1.54, 1.807) is 0 Å². The lowest BCUT2D eigenvalue weighted by atomic mass is 9.88. The van der Waals surface area contributed by atoms with Gasteiger partial charge in [-0.1, -0.05) is 22.0 Å². The van der Waals surface area contributed by atoms with Crippen molar-refractivity contribution in [3.05, 3.63) is 39.5 Å². The molecular weight excluding hydrogens is 334 g/mol. The van der Waals surface area contributed by atoms with Crippen LogP contribution >= 0.6 is 15.9 Å². The molecule has 0 bridgehead atoms. The number of carbonyl (C=O) groups is 1. The molecule has 2 heterocycles. The Labute approximate surface area is 131 Å². The third kappa shape index (κ3) is 1.99. The van der Waals surface area contributed by atoms with E-state index in [2.05, 4.69) is 20.9 Å². The van der Waals surface area contributed by atoms with Crippen molar-refractivity contribution in [1.29, 1.82) is 0 Å². The fourth-order valence-corrected chi connectivity index (χ4v) is 3.80. The van der Waals surface area contributed by atoms with E-state index in [0.29, 0.717) is 22.2 Å². The Morgan fingerprint density at radius 1 is 1.24 bits per heavy atom. The van der Waals surface area contributed by atoms with Crippen molar-refractivity contribution in [1.82, 2.24) is 4.98 Å². The van der Waals surface area contributed by atoms with E-state index in [1.807, 2.05) is 45.9 Å². The average molecular weight is 350 g/mol. The van der Waals surface area contributed by atoms with Gasteiger partial charge in [0.05, 0.1) is 22.4 Å². The van der Waals surface area contributed by atoms with Crippen LogP contribution in [0.3, 0.4) is 0 Å². The summed E-state index contributed by atoms with van der Waals surface area (Å²) >= 11 is 3.45. The van der Waals surface area contributed by atoms with Crippen LogP contribution < -0.4 is 0 Å². The van der Waals surface area contributed by atoms with Crippen LogP contribution in [0, 0.1) is 0 Å². The maximum atomic E-state index is 11.9. The highest BCUT2D eigenvalue weighted by Crippen LogP contribution is 2.49. The number of aromatic carboxylic acids is 1. The van der Waals surface area contributed by atoms with Gasteiger partial charge in [0.15, 0.2) is 0 Å². The highest BCUT2D eigenvalue weighted by molar-refractivity contribution is 9.10. The molecular formula is C16H16BrNO3. The zero-order valence-electron chi connectivity index (χ0n) is 12.3. The molecule has 1 aliphatic heterocycles. The summed E-state index contributed by atoms with van der Waals surface area (Å²) < 4.78 is 6.80. The number of pyridine rings is 1. The first-order chi connectivity index (χ1) is 9.65. The topological polar surface area (TPSA) is 59.4 Å². The van der Waals surface area contributed by atoms with Crippen molar-refractivity contribution < 1.29 is 14.6 Å². The van der Waals surface area contributed by atoms with Crippen molar-refractivity contribution in [3.8, 4) is 0 Å². The number of nitrogens with zero attached hydrogens (tertiary/aromatic N) is 1. The van der Waals surface area contributed by atoms with E-state index < -0.39 is 17.2 Å². The van der Waals surface area contributed by atoms with Gasteiger partial charge >= 0.3 is 5.97 Å². The summed E-state index contributed by atoms with van der Waals surface area (Å²) in [6.45, 7) is 7.61. The van der Waals surface area contributed by atoms with E-state index in [9.17, 15) is 9.90 Å². The molecule has 0 saturated heterocycles. The maximum absolute atomic E-state index is 11.9. The number of carboxylic acid groups (broad SMARTS) is 1. The van der Waals surface area contributed by atoms with Gasteiger partial charge in [-0.25, -0.2) is 9.78 Å². The Balaban J connectivity index is 2.57. The molecule has 3 rings (SSSR count). The number of rotatable bonds is 1. The van der Waals surface area contributed by atoms with Crippen LogP contribution in [-0.2, 0) is 15.9 Å². The largest absolute Gasteiger partial charge is 0.478 e. The number of hydrogen-bond donors (Lipinski definition) is 1. The van der Waals surface area contributed by atoms with Gasteiger partial charge in [-0.2, -0.15) is 0 Å². The second-order valence-electron chi connectivity index (χ2n) is 6.27. The lowest BCUT2D eigenvalue weighted by molar-refractivity contribution is -0.106. The number of aromatic nitrogens is 1. The summed E-state index contributed by atoms with van der Waals surface area (Å²) in [7, 11) is 0. The van der Waals surface area contributed by atoms with Crippen LogP contribution in [0.5, 0.6) is 0 Å². The highest BCUT2D eigenvalue weighted by atomic mass is 79.9. The van der Waals surface area contributed by atoms with Gasteiger partial charge in [0.2, 0.25) is 0 Å². The minimum atomic E-state index is -0.958. The summed E-state index contributed by atoms with van der Waals surface area (Å²) in [4.78, 5) is 16.6. The minimum absolute atomic E-state index is 0.276. The SMILES string of the molecule is CC1(C)OC(C)(C)c2c1nc1cccc(Br)c1c2C(=O)O. The summed E-state index contributed by atoms with van der Waals surface area (Å²) in [6.07, 6.45) is 0. The third-order valence-electron chi connectivity index (χ3n) is 3.86. The first kappa shape index (κ1) is 14.5. The van der Waals surface area contributed by atoms with Crippen molar-refractivity contribution in [2.75, 3.05) is 0 Å². The lowest BCUT2D eigenvalue weighted by Gasteiger charge is -2.24. The highest BCUT2D eigenvalue weighted by Gasteiger charge is 2.47. The molecule has 0 radical (unpaired) electrons. The van der Waals surface area contributed by atoms with E-state index in [-0.39, 0.29) is 5.56 Å². The van der Waals surface area contributed by atoms with Gasteiger partial charge in [0.1, 0.15) is 5.60 Å². The van der Waals surface area contributed by atoms with Crippen LogP contribution in [0.15, 0.2) is 22.7 Å². The minimum Gasteiger partial charge on any atom is -0.478 e. The molecule has 5 heteroatoms. The fraction of sp³-hybridized carbons (Fsp3) is 0.375. The van der Waals surface area contributed by atoms with Gasteiger partial charge in [0, 0.05) is 15.4 Å². The second-order valence-corrected chi connectivity index (χ2v) is 7.13. The van der Waals surface area contributed by atoms with Crippen molar-refractivity contribution >= 4 is 32.8 Å². The fourth-order valence-electron chi connectivity index (χ4n) is 3.25. The standard InChI is InChI=1S/C16H16BrNO3/c1-15(2)12-11(14(19)20)10-8(17)6-5-7-9(10)18-13(12)16(3,4)21-15/h5-7H,1-4H3,(H,19,20). The summed E-state index contributed by atoms with van der Waals surface area (Å²) in [5.41, 5.74) is 1.01. The van der Waals surface area contributed by atoms with Gasteiger partial charge in [-0.3, -0.25) is 0 Å². The molecule has 110 valence electrons. The molecule has 1 aromatic carbocycles. The molecule has 2 aromatic rings. The van der Waals surface area contributed by atoms with E-state index in [1.165, 1.54) is 0 Å². The predicted molar refractivity (Wildman–Crippen MR) is 83.5 cm³/mol. The number of fused-ring (bicyclic) bond motifs is 2. The molecule has 4 nitrogen and oxygen atoms in total. The lowest BCUT2D eigenvalue weighted by Crippen LogP contribution is -2.23. The molecule has 21 heavy (non-hydrogen) atoms.